The van der Waals surface area contributed by atoms with E-state index in [0.717, 1.165) is 5.56 Å². The summed E-state index contributed by atoms with van der Waals surface area (Å²) in [5, 5.41) is 3.20. The van der Waals surface area contributed by atoms with E-state index in [1.165, 1.54) is 19.0 Å². The Morgan fingerprint density at radius 2 is 2.31 bits per heavy atom. The molecule has 0 aliphatic heterocycles. The van der Waals surface area contributed by atoms with Gasteiger partial charge in [0.2, 0.25) is 0 Å². The van der Waals surface area contributed by atoms with Crippen LogP contribution in [0.15, 0.2) is 18.5 Å². The highest BCUT2D eigenvalue weighted by Crippen LogP contribution is 2.40. The first-order valence-electron chi connectivity index (χ1n) is 4.59. The van der Waals surface area contributed by atoms with Crippen LogP contribution in [0.1, 0.15) is 24.4 Å². The number of pyridine rings is 1. The predicted octanol–water partition coefficient (Wildman–Crippen LogP) is 1.89. The first-order valence-corrected chi connectivity index (χ1v) is 4.59. The molecule has 0 saturated heterocycles. The lowest BCUT2D eigenvalue weighted by Gasteiger charge is -2.14. The molecule has 1 heterocycles. The molecule has 0 aromatic carbocycles. The third-order valence-electron chi connectivity index (χ3n) is 2.49. The van der Waals surface area contributed by atoms with E-state index in [-0.39, 0.29) is 11.9 Å². The van der Waals surface area contributed by atoms with Crippen LogP contribution >= 0.6 is 0 Å². The van der Waals surface area contributed by atoms with Gasteiger partial charge in [-0.25, -0.2) is 4.39 Å². The van der Waals surface area contributed by atoms with Crippen molar-refractivity contribution in [2.75, 3.05) is 7.05 Å². The molecule has 0 bridgehead atoms. The summed E-state index contributed by atoms with van der Waals surface area (Å²) >= 11 is 0. The molecule has 1 unspecified atom stereocenters. The molecule has 1 aromatic heterocycles. The Kier molecular flexibility index (Phi) is 2.27. The molecule has 13 heavy (non-hydrogen) atoms. The monoisotopic (exact) mass is 180 g/mol. The fourth-order valence-corrected chi connectivity index (χ4v) is 1.70. The van der Waals surface area contributed by atoms with Gasteiger partial charge in [-0.1, -0.05) is 0 Å². The molecule has 1 fully saturated rings. The molecular weight excluding hydrogens is 167 g/mol. The van der Waals surface area contributed by atoms with Crippen molar-refractivity contribution in [2.45, 2.75) is 18.9 Å². The highest BCUT2D eigenvalue weighted by molar-refractivity contribution is 5.17. The van der Waals surface area contributed by atoms with Gasteiger partial charge in [0.05, 0.1) is 6.20 Å². The Hall–Kier alpha value is -0.960. The van der Waals surface area contributed by atoms with Crippen LogP contribution in [0.5, 0.6) is 0 Å². The minimum absolute atomic E-state index is 0.251. The number of hydrogen-bond donors (Lipinski definition) is 1. The molecule has 2 nitrogen and oxygen atoms in total. The van der Waals surface area contributed by atoms with E-state index < -0.39 is 0 Å². The minimum atomic E-state index is -0.251. The molecule has 2 rings (SSSR count). The summed E-state index contributed by atoms with van der Waals surface area (Å²) in [4.78, 5) is 3.85. The van der Waals surface area contributed by atoms with Crippen LogP contribution in [0, 0.1) is 11.7 Å². The van der Waals surface area contributed by atoms with E-state index in [1.54, 1.807) is 12.3 Å². The number of rotatable bonds is 3. The van der Waals surface area contributed by atoms with Gasteiger partial charge in [0, 0.05) is 12.2 Å². The maximum Gasteiger partial charge on any atom is 0.141 e. The lowest BCUT2D eigenvalue weighted by atomic mass is 10.1. The Balaban J connectivity index is 2.21. The van der Waals surface area contributed by atoms with Crippen molar-refractivity contribution in [2.24, 2.45) is 5.92 Å². The van der Waals surface area contributed by atoms with Gasteiger partial charge in [-0.05, 0) is 37.4 Å². The van der Waals surface area contributed by atoms with E-state index in [4.69, 9.17) is 0 Å². The van der Waals surface area contributed by atoms with Crippen molar-refractivity contribution in [3.8, 4) is 0 Å². The summed E-state index contributed by atoms with van der Waals surface area (Å²) in [6.45, 7) is 0. The Morgan fingerprint density at radius 1 is 1.54 bits per heavy atom. The average molecular weight is 180 g/mol. The highest BCUT2D eigenvalue weighted by atomic mass is 19.1. The Bertz CT molecular complexity index is 297. The molecule has 0 radical (unpaired) electrons. The van der Waals surface area contributed by atoms with Crippen LogP contribution in [0.4, 0.5) is 4.39 Å². The van der Waals surface area contributed by atoms with Crippen molar-refractivity contribution in [1.29, 1.82) is 0 Å². The molecule has 70 valence electrons. The predicted molar refractivity (Wildman–Crippen MR) is 48.7 cm³/mol. The van der Waals surface area contributed by atoms with Gasteiger partial charge in [0.1, 0.15) is 5.82 Å². The van der Waals surface area contributed by atoms with Gasteiger partial charge >= 0.3 is 0 Å². The number of nitrogens with one attached hydrogen (secondary N) is 1. The second kappa shape index (κ2) is 3.42. The lowest BCUT2D eigenvalue weighted by Crippen LogP contribution is -2.18. The normalized spacial score (nSPS) is 18.6. The second-order valence-electron chi connectivity index (χ2n) is 3.54. The molecule has 1 aliphatic carbocycles. The van der Waals surface area contributed by atoms with E-state index >= 15 is 0 Å². The Labute approximate surface area is 77.2 Å². The van der Waals surface area contributed by atoms with E-state index in [0.29, 0.717) is 5.92 Å². The quantitative estimate of drug-likeness (QED) is 0.768. The third kappa shape index (κ3) is 1.86. The van der Waals surface area contributed by atoms with Crippen molar-refractivity contribution in [3.05, 3.63) is 29.8 Å². The number of aromatic nitrogens is 1. The van der Waals surface area contributed by atoms with Gasteiger partial charge in [0.15, 0.2) is 0 Å². The van der Waals surface area contributed by atoms with Crippen molar-refractivity contribution < 1.29 is 4.39 Å². The molecular formula is C10H13FN2. The molecule has 1 N–H and O–H groups in total. The molecule has 0 amide bonds. The summed E-state index contributed by atoms with van der Waals surface area (Å²) in [5.41, 5.74) is 0.963. The van der Waals surface area contributed by atoms with E-state index in [2.05, 4.69) is 10.3 Å². The van der Waals surface area contributed by atoms with Crippen LogP contribution in [0.3, 0.4) is 0 Å². The summed E-state index contributed by atoms with van der Waals surface area (Å²) in [5.74, 6) is 0.423. The highest BCUT2D eigenvalue weighted by Gasteiger charge is 2.31. The van der Waals surface area contributed by atoms with Gasteiger partial charge in [-0.3, -0.25) is 4.98 Å². The van der Waals surface area contributed by atoms with Crippen LogP contribution in [0.25, 0.3) is 0 Å². The first kappa shape index (κ1) is 8.63. The second-order valence-corrected chi connectivity index (χ2v) is 3.54. The zero-order valence-corrected chi connectivity index (χ0v) is 7.63. The third-order valence-corrected chi connectivity index (χ3v) is 2.49. The summed E-state index contributed by atoms with van der Waals surface area (Å²) < 4.78 is 12.9. The SMILES string of the molecule is CNC(c1cncc(F)c1)C1CC1. The molecule has 3 heteroatoms. The van der Waals surface area contributed by atoms with E-state index in [1.807, 2.05) is 7.05 Å². The van der Waals surface area contributed by atoms with Crippen LogP contribution in [-0.2, 0) is 0 Å². The zero-order chi connectivity index (χ0) is 9.26. The van der Waals surface area contributed by atoms with Crippen LogP contribution < -0.4 is 5.32 Å². The van der Waals surface area contributed by atoms with Gasteiger partial charge in [0.25, 0.3) is 0 Å². The maximum atomic E-state index is 12.9. The summed E-state index contributed by atoms with van der Waals surface area (Å²) in [6.07, 6.45) is 5.45. The number of halogens is 1. The standard InChI is InChI=1S/C10H13FN2/c1-12-10(7-2-3-7)8-4-9(11)6-13-5-8/h4-7,10,12H,2-3H2,1H3. The lowest BCUT2D eigenvalue weighted by molar-refractivity contribution is 0.520. The summed E-state index contributed by atoms with van der Waals surface area (Å²) in [7, 11) is 1.91. The topological polar surface area (TPSA) is 24.9 Å². The van der Waals surface area contributed by atoms with Crippen molar-refractivity contribution >= 4 is 0 Å². The first-order chi connectivity index (χ1) is 6.31. The molecule has 1 saturated carbocycles. The fraction of sp³-hybridized carbons (Fsp3) is 0.500. The average Bonchev–Trinajstić information content (AvgIpc) is 2.90. The smallest absolute Gasteiger partial charge is 0.141 e. The molecule has 1 aromatic rings. The summed E-state index contributed by atoms with van der Waals surface area (Å²) in [6, 6.07) is 1.84. The molecule has 1 atom stereocenters. The van der Waals surface area contributed by atoms with Gasteiger partial charge < -0.3 is 5.32 Å². The maximum absolute atomic E-state index is 12.9. The number of nitrogens with zero attached hydrogens (tertiary/aromatic N) is 1. The van der Waals surface area contributed by atoms with Crippen LogP contribution in [0.2, 0.25) is 0 Å². The van der Waals surface area contributed by atoms with Gasteiger partial charge in [-0.15, -0.1) is 0 Å². The zero-order valence-electron chi connectivity index (χ0n) is 7.63. The molecule has 1 aliphatic rings. The fourth-order valence-electron chi connectivity index (χ4n) is 1.70. The van der Waals surface area contributed by atoms with Crippen molar-refractivity contribution in [1.82, 2.24) is 10.3 Å². The Morgan fingerprint density at radius 3 is 2.85 bits per heavy atom. The molecule has 0 spiro atoms. The van der Waals surface area contributed by atoms with E-state index in [9.17, 15) is 4.39 Å². The largest absolute Gasteiger partial charge is 0.313 e. The van der Waals surface area contributed by atoms with Crippen LogP contribution in [-0.4, -0.2) is 12.0 Å². The number of hydrogen-bond acceptors (Lipinski definition) is 2. The van der Waals surface area contributed by atoms with Crippen molar-refractivity contribution in [3.63, 3.8) is 0 Å². The minimum Gasteiger partial charge on any atom is -0.313 e. The van der Waals surface area contributed by atoms with Gasteiger partial charge in [-0.2, -0.15) is 0 Å².